The van der Waals surface area contributed by atoms with E-state index in [9.17, 15) is 14.9 Å². The molecule has 0 aromatic heterocycles. The topological polar surface area (TPSA) is 81.5 Å². The average Bonchev–Trinajstić information content (AvgIpc) is 2.55. The number of anilines is 1. The van der Waals surface area contributed by atoms with E-state index in [-0.39, 0.29) is 23.0 Å². The van der Waals surface area contributed by atoms with Crippen molar-refractivity contribution in [2.45, 2.75) is 19.8 Å². The van der Waals surface area contributed by atoms with Gasteiger partial charge in [-0.05, 0) is 43.2 Å². The van der Waals surface area contributed by atoms with Crippen LogP contribution in [0.2, 0.25) is 10.0 Å². The summed E-state index contributed by atoms with van der Waals surface area (Å²) in [4.78, 5) is 22.0. The SMILES string of the molecule is Cc1cc(Cl)ccc1OCCCC(=O)Nc1ccc([N+](=O)[O-])cc1Cl. The number of hydrogen-bond donors (Lipinski definition) is 1. The van der Waals surface area contributed by atoms with Crippen LogP contribution in [-0.4, -0.2) is 17.4 Å². The molecular formula is C17H16Cl2N2O4. The summed E-state index contributed by atoms with van der Waals surface area (Å²) in [6.45, 7) is 2.27. The van der Waals surface area contributed by atoms with E-state index in [1.165, 1.54) is 18.2 Å². The second kappa shape index (κ2) is 8.69. The molecule has 0 aliphatic carbocycles. The molecule has 2 aromatic rings. The van der Waals surface area contributed by atoms with E-state index in [1.54, 1.807) is 18.2 Å². The third-order valence-corrected chi connectivity index (χ3v) is 3.93. The van der Waals surface area contributed by atoms with E-state index in [0.717, 1.165) is 11.3 Å². The van der Waals surface area contributed by atoms with Gasteiger partial charge in [0, 0.05) is 23.6 Å². The molecule has 0 heterocycles. The van der Waals surface area contributed by atoms with Gasteiger partial charge in [0.15, 0.2) is 0 Å². The van der Waals surface area contributed by atoms with Crippen LogP contribution in [0.25, 0.3) is 0 Å². The minimum Gasteiger partial charge on any atom is -0.493 e. The Kier molecular flexibility index (Phi) is 6.61. The Bertz CT molecular complexity index is 796. The molecule has 0 saturated carbocycles. The number of rotatable bonds is 7. The van der Waals surface area contributed by atoms with Crippen LogP contribution < -0.4 is 10.1 Å². The third kappa shape index (κ3) is 5.62. The van der Waals surface area contributed by atoms with Crippen LogP contribution in [-0.2, 0) is 4.79 Å². The van der Waals surface area contributed by atoms with Crippen LogP contribution in [0.5, 0.6) is 5.75 Å². The van der Waals surface area contributed by atoms with Crippen molar-refractivity contribution >= 4 is 40.5 Å². The summed E-state index contributed by atoms with van der Waals surface area (Å²) in [6, 6.07) is 9.23. The Hall–Kier alpha value is -2.31. The van der Waals surface area contributed by atoms with Gasteiger partial charge in [0.25, 0.3) is 5.69 Å². The maximum atomic E-state index is 11.9. The zero-order chi connectivity index (χ0) is 18.4. The van der Waals surface area contributed by atoms with Gasteiger partial charge >= 0.3 is 0 Å². The van der Waals surface area contributed by atoms with Crippen molar-refractivity contribution in [3.05, 3.63) is 62.1 Å². The fourth-order valence-electron chi connectivity index (χ4n) is 2.12. The number of amides is 1. The highest BCUT2D eigenvalue weighted by Gasteiger charge is 2.11. The molecule has 0 aliphatic rings. The monoisotopic (exact) mass is 382 g/mol. The summed E-state index contributed by atoms with van der Waals surface area (Å²) in [5.74, 6) is 0.482. The van der Waals surface area contributed by atoms with Crippen molar-refractivity contribution in [1.29, 1.82) is 0 Å². The molecule has 8 heteroatoms. The van der Waals surface area contributed by atoms with Gasteiger partial charge in [-0.3, -0.25) is 14.9 Å². The number of nitrogens with zero attached hydrogens (tertiary/aromatic N) is 1. The number of carbonyl (C=O) groups is 1. The lowest BCUT2D eigenvalue weighted by molar-refractivity contribution is -0.384. The van der Waals surface area contributed by atoms with Crippen LogP contribution in [0.4, 0.5) is 11.4 Å². The Morgan fingerprint density at radius 3 is 2.64 bits per heavy atom. The lowest BCUT2D eigenvalue weighted by Crippen LogP contribution is -2.13. The molecule has 0 fully saturated rings. The first-order valence-electron chi connectivity index (χ1n) is 7.49. The first-order chi connectivity index (χ1) is 11.9. The molecular weight excluding hydrogens is 367 g/mol. The van der Waals surface area contributed by atoms with Crippen LogP contribution >= 0.6 is 23.2 Å². The summed E-state index contributed by atoms with van der Waals surface area (Å²) in [5.41, 5.74) is 1.14. The minimum absolute atomic E-state index is 0.121. The Morgan fingerprint density at radius 1 is 1.24 bits per heavy atom. The van der Waals surface area contributed by atoms with E-state index in [1.807, 2.05) is 6.92 Å². The molecule has 0 radical (unpaired) electrons. The molecule has 0 spiro atoms. The van der Waals surface area contributed by atoms with Crippen molar-refractivity contribution in [3.8, 4) is 5.75 Å². The van der Waals surface area contributed by atoms with Crippen molar-refractivity contribution in [2.75, 3.05) is 11.9 Å². The summed E-state index contributed by atoms with van der Waals surface area (Å²) in [7, 11) is 0. The quantitative estimate of drug-likeness (QED) is 0.414. The molecule has 2 rings (SSSR count). The van der Waals surface area contributed by atoms with Gasteiger partial charge in [-0.15, -0.1) is 0 Å². The minimum atomic E-state index is -0.548. The molecule has 2 aromatic carbocycles. The molecule has 0 atom stereocenters. The highest BCUT2D eigenvalue weighted by Crippen LogP contribution is 2.27. The Balaban J connectivity index is 1.80. The number of halogens is 2. The van der Waals surface area contributed by atoms with E-state index >= 15 is 0 Å². The zero-order valence-electron chi connectivity index (χ0n) is 13.4. The number of hydrogen-bond acceptors (Lipinski definition) is 4. The normalized spacial score (nSPS) is 10.4. The van der Waals surface area contributed by atoms with Crippen LogP contribution in [0.15, 0.2) is 36.4 Å². The molecule has 1 amide bonds. The fourth-order valence-corrected chi connectivity index (χ4v) is 2.57. The molecule has 0 aliphatic heterocycles. The van der Waals surface area contributed by atoms with Crippen molar-refractivity contribution in [3.63, 3.8) is 0 Å². The molecule has 6 nitrogen and oxygen atoms in total. The summed E-state index contributed by atoms with van der Waals surface area (Å²) in [6.07, 6.45) is 0.748. The van der Waals surface area contributed by atoms with Crippen molar-refractivity contribution in [2.24, 2.45) is 0 Å². The number of nitro benzene ring substituents is 1. The molecule has 25 heavy (non-hydrogen) atoms. The Labute approximate surface area is 154 Å². The highest BCUT2D eigenvalue weighted by atomic mass is 35.5. The van der Waals surface area contributed by atoms with Gasteiger partial charge < -0.3 is 10.1 Å². The number of carbonyl (C=O) groups excluding carboxylic acids is 1. The van der Waals surface area contributed by atoms with E-state index in [0.29, 0.717) is 23.7 Å². The fraction of sp³-hybridized carbons (Fsp3) is 0.235. The second-order valence-electron chi connectivity index (χ2n) is 5.33. The van der Waals surface area contributed by atoms with Crippen LogP contribution in [0.3, 0.4) is 0 Å². The number of aryl methyl sites for hydroxylation is 1. The van der Waals surface area contributed by atoms with Gasteiger partial charge in [0.05, 0.1) is 22.2 Å². The number of ether oxygens (including phenoxy) is 1. The molecule has 0 unspecified atom stereocenters. The first kappa shape index (κ1) is 19.0. The second-order valence-corrected chi connectivity index (χ2v) is 6.17. The summed E-state index contributed by atoms with van der Waals surface area (Å²) >= 11 is 11.8. The average molecular weight is 383 g/mol. The van der Waals surface area contributed by atoms with Crippen molar-refractivity contribution < 1.29 is 14.5 Å². The van der Waals surface area contributed by atoms with Gasteiger partial charge in [0.1, 0.15) is 5.75 Å². The lowest BCUT2D eigenvalue weighted by atomic mass is 10.2. The predicted molar refractivity (Wildman–Crippen MR) is 97.7 cm³/mol. The molecule has 1 N–H and O–H groups in total. The van der Waals surface area contributed by atoms with E-state index < -0.39 is 4.92 Å². The van der Waals surface area contributed by atoms with E-state index in [4.69, 9.17) is 27.9 Å². The Morgan fingerprint density at radius 2 is 2.00 bits per heavy atom. The zero-order valence-corrected chi connectivity index (χ0v) is 14.9. The van der Waals surface area contributed by atoms with Gasteiger partial charge in [-0.25, -0.2) is 0 Å². The molecule has 0 bridgehead atoms. The van der Waals surface area contributed by atoms with Crippen LogP contribution in [0.1, 0.15) is 18.4 Å². The lowest BCUT2D eigenvalue weighted by Gasteiger charge is -2.10. The van der Waals surface area contributed by atoms with E-state index in [2.05, 4.69) is 5.32 Å². The standard InChI is InChI=1S/C17H16Cl2N2O4/c1-11-9-12(18)4-7-16(11)25-8-2-3-17(22)20-15-6-5-13(21(23)24)10-14(15)19/h4-7,9-10H,2-3,8H2,1H3,(H,20,22). The number of benzene rings is 2. The number of nitrogens with one attached hydrogen (secondary N) is 1. The van der Waals surface area contributed by atoms with Gasteiger partial charge in [-0.1, -0.05) is 23.2 Å². The molecule has 132 valence electrons. The molecule has 0 saturated heterocycles. The largest absolute Gasteiger partial charge is 0.493 e. The van der Waals surface area contributed by atoms with Gasteiger partial charge in [0.2, 0.25) is 5.91 Å². The van der Waals surface area contributed by atoms with Gasteiger partial charge in [-0.2, -0.15) is 0 Å². The number of non-ortho nitro benzene ring substituents is 1. The first-order valence-corrected chi connectivity index (χ1v) is 8.25. The smallest absolute Gasteiger partial charge is 0.271 e. The summed E-state index contributed by atoms with van der Waals surface area (Å²) < 4.78 is 5.62. The number of nitro groups is 1. The highest BCUT2D eigenvalue weighted by molar-refractivity contribution is 6.34. The maximum absolute atomic E-state index is 11.9. The third-order valence-electron chi connectivity index (χ3n) is 3.38. The van der Waals surface area contributed by atoms with Crippen molar-refractivity contribution in [1.82, 2.24) is 0 Å². The summed E-state index contributed by atoms with van der Waals surface area (Å²) in [5, 5.41) is 14.1. The van der Waals surface area contributed by atoms with Crippen LogP contribution in [0, 0.1) is 17.0 Å². The maximum Gasteiger partial charge on any atom is 0.271 e. The predicted octanol–water partition coefficient (Wildman–Crippen LogP) is 5.01.